The molecule has 0 amide bonds. The molecule has 0 bridgehead atoms. The molecular weight excluding hydrogens is 695 g/mol. The van der Waals surface area contributed by atoms with Crippen molar-refractivity contribution in [1.29, 1.82) is 5.26 Å². The van der Waals surface area contributed by atoms with Gasteiger partial charge in [0.2, 0.25) is 5.69 Å². The molecule has 7 heteroatoms. The highest BCUT2D eigenvalue weighted by Crippen LogP contribution is 2.45. The van der Waals surface area contributed by atoms with Crippen LogP contribution in [-0.2, 0) is 0 Å². The highest BCUT2D eigenvalue weighted by atomic mass is 32.1. The highest BCUT2D eigenvalue weighted by Gasteiger charge is 2.23. The summed E-state index contributed by atoms with van der Waals surface area (Å²) in [4.78, 5) is 14.3. The second kappa shape index (κ2) is 12.0. The molecule has 55 heavy (non-hydrogen) atoms. The quantitative estimate of drug-likeness (QED) is 0.170. The largest absolute Gasteiger partial charge is 0.456 e. The van der Waals surface area contributed by atoms with E-state index < -0.39 is 0 Å². The molecule has 0 fully saturated rings. The average Bonchev–Trinajstić information content (AvgIpc) is 3.92. The Labute approximate surface area is 318 Å². The summed E-state index contributed by atoms with van der Waals surface area (Å²) in [7, 11) is 0. The third-order valence-electron chi connectivity index (χ3n) is 10.5. The predicted octanol–water partition coefficient (Wildman–Crippen LogP) is 13.3. The zero-order chi connectivity index (χ0) is 36.6. The van der Waals surface area contributed by atoms with Crippen molar-refractivity contribution in [2.75, 3.05) is 0 Å². The van der Waals surface area contributed by atoms with E-state index in [0.717, 1.165) is 60.6 Å². The fraction of sp³-hybridized carbons (Fsp3) is 0. The van der Waals surface area contributed by atoms with Crippen LogP contribution in [0.25, 0.3) is 108 Å². The molecule has 11 aromatic rings. The summed E-state index contributed by atoms with van der Waals surface area (Å²) >= 11 is 1.78. The van der Waals surface area contributed by atoms with Gasteiger partial charge >= 0.3 is 0 Å². The number of para-hydroxylation sites is 2. The molecule has 6 nitrogen and oxygen atoms in total. The molecule has 4 heterocycles. The van der Waals surface area contributed by atoms with E-state index >= 15 is 0 Å². The Morgan fingerprint density at radius 1 is 0.600 bits per heavy atom. The molecule has 0 spiro atoms. The lowest BCUT2D eigenvalue weighted by atomic mass is 9.99. The number of fused-ring (bicyclic) bond motifs is 10. The Kier molecular flexibility index (Phi) is 6.75. The summed E-state index contributed by atoms with van der Waals surface area (Å²) in [5.74, 6) is 0.475. The van der Waals surface area contributed by atoms with Crippen molar-refractivity contribution in [3.8, 4) is 45.7 Å². The Morgan fingerprint density at radius 3 is 2.13 bits per heavy atom. The molecule has 0 radical (unpaired) electrons. The number of nitriles is 1. The molecule has 0 saturated carbocycles. The first-order valence-corrected chi connectivity index (χ1v) is 18.6. The number of benzene rings is 7. The number of rotatable bonds is 4. The van der Waals surface area contributed by atoms with E-state index in [-0.39, 0.29) is 0 Å². The Balaban J connectivity index is 1.16. The summed E-state index contributed by atoms with van der Waals surface area (Å²) in [6, 6.07) is 53.2. The van der Waals surface area contributed by atoms with Crippen molar-refractivity contribution >= 4 is 80.9 Å². The number of hydrogen-bond acceptors (Lipinski definition) is 5. The summed E-state index contributed by atoms with van der Waals surface area (Å²) in [5, 5.41) is 17.4. The van der Waals surface area contributed by atoms with Crippen molar-refractivity contribution in [3.63, 3.8) is 0 Å². The lowest BCUT2D eigenvalue weighted by Crippen LogP contribution is -2.01. The van der Waals surface area contributed by atoms with Gasteiger partial charge in [-0.25, -0.2) is 14.8 Å². The van der Waals surface area contributed by atoms with E-state index in [1.54, 1.807) is 11.3 Å². The van der Waals surface area contributed by atoms with E-state index in [2.05, 4.69) is 70.1 Å². The Bertz CT molecular complexity index is 3470. The highest BCUT2D eigenvalue weighted by molar-refractivity contribution is 7.26. The molecule has 4 aromatic heterocycles. The van der Waals surface area contributed by atoms with Crippen LogP contribution in [-0.4, -0.2) is 14.5 Å². The molecule has 0 saturated heterocycles. The smallest absolute Gasteiger partial charge is 0.211 e. The minimum Gasteiger partial charge on any atom is -0.456 e. The second-order valence-electron chi connectivity index (χ2n) is 13.5. The summed E-state index contributed by atoms with van der Waals surface area (Å²) in [5.41, 5.74) is 8.51. The number of furan rings is 1. The maximum absolute atomic E-state index is 10.7. The van der Waals surface area contributed by atoms with Gasteiger partial charge in [0.15, 0.2) is 5.82 Å². The predicted molar refractivity (Wildman–Crippen MR) is 224 cm³/mol. The van der Waals surface area contributed by atoms with Crippen molar-refractivity contribution in [2.24, 2.45) is 0 Å². The standard InChI is InChI=1S/C48H25N5OS/c1-50-38-26-29(19-23-40(38)53-39-16-8-5-13-31(39)34-21-22-35-33-15-7-10-18-43(33)55-47(35)46(34)53)45-37(27-49)44(28-11-3-2-4-12-28)51-48(52-45)30-20-24-42-36(25-30)32-14-6-9-17-41(32)54-42/h2-26H. The van der Waals surface area contributed by atoms with Gasteiger partial charge in [0.05, 0.1) is 39.4 Å². The number of hydrogen-bond donors (Lipinski definition) is 0. The number of thiophene rings is 1. The van der Waals surface area contributed by atoms with Gasteiger partial charge in [-0.05, 0) is 54.1 Å². The molecule has 0 aliphatic heterocycles. The molecule has 0 unspecified atom stereocenters. The van der Waals surface area contributed by atoms with Crippen LogP contribution in [0.4, 0.5) is 5.69 Å². The van der Waals surface area contributed by atoms with Crippen LogP contribution < -0.4 is 0 Å². The zero-order valence-electron chi connectivity index (χ0n) is 29.0. The third-order valence-corrected chi connectivity index (χ3v) is 11.7. The Morgan fingerprint density at radius 2 is 1.29 bits per heavy atom. The van der Waals surface area contributed by atoms with Crippen LogP contribution in [0, 0.1) is 17.9 Å². The Hall–Kier alpha value is -7.58. The van der Waals surface area contributed by atoms with Crippen LogP contribution in [0.3, 0.4) is 0 Å². The first-order valence-electron chi connectivity index (χ1n) is 17.8. The second-order valence-corrected chi connectivity index (χ2v) is 14.6. The van der Waals surface area contributed by atoms with Crippen LogP contribution in [0.15, 0.2) is 156 Å². The monoisotopic (exact) mass is 719 g/mol. The molecule has 0 N–H and O–H groups in total. The fourth-order valence-electron chi connectivity index (χ4n) is 8.01. The minimum atomic E-state index is 0.345. The number of nitrogens with zero attached hydrogens (tertiary/aromatic N) is 5. The molecule has 11 rings (SSSR count). The summed E-state index contributed by atoms with van der Waals surface area (Å²) < 4.78 is 10.7. The van der Waals surface area contributed by atoms with Gasteiger partial charge in [-0.2, -0.15) is 5.26 Å². The first kappa shape index (κ1) is 31.0. The van der Waals surface area contributed by atoms with E-state index in [4.69, 9.17) is 21.0 Å². The van der Waals surface area contributed by atoms with Crippen LogP contribution in [0.2, 0.25) is 0 Å². The maximum atomic E-state index is 10.7. The molecular formula is C48H25N5OS. The van der Waals surface area contributed by atoms with Gasteiger partial charge in [0, 0.05) is 48.1 Å². The van der Waals surface area contributed by atoms with Gasteiger partial charge in [0.25, 0.3) is 0 Å². The number of aromatic nitrogens is 3. The normalized spacial score (nSPS) is 11.6. The van der Waals surface area contributed by atoms with E-state index in [1.807, 2.05) is 97.1 Å². The van der Waals surface area contributed by atoms with Gasteiger partial charge < -0.3 is 8.98 Å². The summed E-state index contributed by atoms with van der Waals surface area (Å²) in [6.07, 6.45) is 0. The molecule has 0 atom stereocenters. The van der Waals surface area contributed by atoms with E-state index in [9.17, 15) is 5.26 Å². The van der Waals surface area contributed by atoms with Gasteiger partial charge in [0.1, 0.15) is 22.8 Å². The van der Waals surface area contributed by atoms with Crippen molar-refractivity contribution in [1.82, 2.24) is 14.5 Å². The van der Waals surface area contributed by atoms with E-state index in [0.29, 0.717) is 34.0 Å². The van der Waals surface area contributed by atoms with Gasteiger partial charge in [-0.1, -0.05) is 103 Å². The third kappa shape index (κ3) is 4.65. The fourth-order valence-corrected chi connectivity index (χ4v) is 9.25. The zero-order valence-corrected chi connectivity index (χ0v) is 29.8. The van der Waals surface area contributed by atoms with Crippen LogP contribution >= 0.6 is 11.3 Å². The van der Waals surface area contributed by atoms with Crippen LogP contribution in [0.1, 0.15) is 5.56 Å². The van der Waals surface area contributed by atoms with Gasteiger partial charge in [-0.15, -0.1) is 11.3 Å². The molecule has 0 aliphatic rings. The van der Waals surface area contributed by atoms with E-state index in [1.165, 1.54) is 20.2 Å². The lowest BCUT2D eigenvalue weighted by molar-refractivity contribution is 0.669. The van der Waals surface area contributed by atoms with Crippen molar-refractivity contribution in [3.05, 3.63) is 169 Å². The van der Waals surface area contributed by atoms with Gasteiger partial charge in [-0.3, -0.25) is 0 Å². The van der Waals surface area contributed by atoms with Crippen molar-refractivity contribution < 1.29 is 4.42 Å². The first-order chi connectivity index (χ1) is 27.2. The maximum Gasteiger partial charge on any atom is 0.211 e. The lowest BCUT2D eigenvalue weighted by Gasteiger charge is -2.15. The SMILES string of the molecule is [C-]#[N+]c1cc(-c2nc(-c3ccc4oc5ccccc5c4c3)nc(-c3ccccc3)c2C#N)ccc1-n1c2ccccc2c2ccc3c4ccccc4sc3c21. The molecule has 254 valence electrons. The molecule has 7 aromatic carbocycles. The molecule has 0 aliphatic carbocycles. The average molecular weight is 720 g/mol. The topological polar surface area (TPSA) is 72.0 Å². The summed E-state index contributed by atoms with van der Waals surface area (Å²) in [6.45, 7) is 8.50. The van der Waals surface area contributed by atoms with Crippen LogP contribution in [0.5, 0.6) is 0 Å². The minimum absolute atomic E-state index is 0.345. The van der Waals surface area contributed by atoms with Crippen molar-refractivity contribution in [2.45, 2.75) is 0 Å².